The molecule has 0 aliphatic carbocycles. The third-order valence-electron chi connectivity index (χ3n) is 2.77. The fraction of sp³-hybridized carbons (Fsp3) is 0.176. The van der Waals surface area contributed by atoms with Crippen LogP contribution in [0.5, 0.6) is 17.2 Å². The van der Waals surface area contributed by atoms with Gasteiger partial charge in [0, 0.05) is 6.07 Å². The van der Waals surface area contributed by atoms with Crippen LogP contribution in [0, 0.1) is 0 Å². The van der Waals surface area contributed by atoms with Crippen molar-refractivity contribution in [2.45, 2.75) is 0 Å². The standard InChI is InChI=1S/C15H16O3.C2H4/c1-16-13-6-4-11(5-7-13)12-8-14(17-2)10-15(9-12)18-3;1-2/h4-10H,1-3H3;1-2H2. The molecule has 0 bridgehead atoms. The third kappa shape index (κ3) is 3.79. The summed E-state index contributed by atoms with van der Waals surface area (Å²) in [6.45, 7) is 6.00. The maximum Gasteiger partial charge on any atom is 0.123 e. The van der Waals surface area contributed by atoms with Gasteiger partial charge in [0.1, 0.15) is 17.2 Å². The van der Waals surface area contributed by atoms with E-state index in [2.05, 4.69) is 13.2 Å². The average molecular weight is 272 g/mol. The lowest BCUT2D eigenvalue weighted by Crippen LogP contribution is -1.89. The third-order valence-corrected chi connectivity index (χ3v) is 2.77. The van der Waals surface area contributed by atoms with E-state index in [9.17, 15) is 0 Å². The molecule has 0 saturated heterocycles. The number of methoxy groups -OCH3 is 3. The van der Waals surface area contributed by atoms with Crippen LogP contribution in [-0.2, 0) is 0 Å². The topological polar surface area (TPSA) is 27.7 Å². The van der Waals surface area contributed by atoms with Gasteiger partial charge in [0.2, 0.25) is 0 Å². The lowest BCUT2D eigenvalue weighted by molar-refractivity contribution is 0.394. The molecular formula is C17H20O3. The molecule has 2 aromatic rings. The molecule has 3 nitrogen and oxygen atoms in total. The Balaban J connectivity index is 0.000000956. The predicted molar refractivity (Wildman–Crippen MR) is 82.8 cm³/mol. The van der Waals surface area contributed by atoms with Crippen LogP contribution < -0.4 is 14.2 Å². The second-order valence-electron chi connectivity index (χ2n) is 3.83. The first-order valence-electron chi connectivity index (χ1n) is 6.14. The van der Waals surface area contributed by atoms with E-state index in [4.69, 9.17) is 14.2 Å². The molecule has 20 heavy (non-hydrogen) atoms. The number of rotatable bonds is 4. The van der Waals surface area contributed by atoms with Gasteiger partial charge in [-0.05, 0) is 35.4 Å². The first-order valence-corrected chi connectivity index (χ1v) is 6.14. The molecule has 2 aromatic carbocycles. The zero-order valence-electron chi connectivity index (χ0n) is 12.2. The minimum atomic E-state index is 0.778. The Morgan fingerprint density at radius 1 is 0.600 bits per heavy atom. The molecule has 0 aliphatic heterocycles. The number of hydrogen-bond donors (Lipinski definition) is 0. The van der Waals surface area contributed by atoms with E-state index in [1.807, 2.05) is 42.5 Å². The normalized spacial score (nSPS) is 9.15. The second-order valence-corrected chi connectivity index (χ2v) is 3.83. The molecule has 0 heterocycles. The fourth-order valence-corrected chi connectivity index (χ4v) is 1.76. The van der Waals surface area contributed by atoms with Gasteiger partial charge in [0.25, 0.3) is 0 Å². The van der Waals surface area contributed by atoms with Gasteiger partial charge in [-0.25, -0.2) is 0 Å². The molecule has 0 saturated carbocycles. The summed E-state index contributed by atoms with van der Waals surface area (Å²) in [5.41, 5.74) is 2.14. The molecule has 3 heteroatoms. The van der Waals surface area contributed by atoms with Crippen molar-refractivity contribution in [3.8, 4) is 28.4 Å². The highest BCUT2D eigenvalue weighted by molar-refractivity contribution is 5.67. The van der Waals surface area contributed by atoms with Gasteiger partial charge in [-0.3, -0.25) is 0 Å². The molecule has 0 spiro atoms. The average Bonchev–Trinajstić information content (AvgIpc) is 2.56. The molecule has 0 N–H and O–H groups in total. The Bertz CT molecular complexity index is 510. The summed E-state index contributed by atoms with van der Waals surface area (Å²) in [5.74, 6) is 2.40. The molecule has 0 radical (unpaired) electrons. The molecule has 2 rings (SSSR count). The van der Waals surface area contributed by atoms with Crippen LogP contribution in [0.25, 0.3) is 11.1 Å². The predicted octanol–water partition coefficient (Wildman–Crippen LogP) is 4.18. The zero-order valence-corrected chi connectivity index (χ0v) is 12.2. The zero-order chi connectivity index (χ0) is 15.0. The van der Waals surface area contributed by atoms with Crippen molar-refractivity contribution < 1.29 is 14.2 Å². The van der Waals surface area contributed by atoms with Gasteiger partial charge in [-0.2, -0.15) is 0 Å². The lowest BCUT2D eigenvalue weighted by atomic mass is 10.0. The summed E-state index contributed by atoms with van der Waals surface area (Å²) in [5, 5.41) is 0. The smallest absolute Gasteiger partial charge is 0.123 e. The summed E-state index contributed by atoms with van der Waals surface area (Å²) in [7, 11) is 4.95. The highest BCUT2D eigenvalue weighted by atomic mass is 16.5. The van der Waals surface area contributed by atoms with Crippen LogP contribution in [-0.4, -0.2) is 21.3 Å². The number of ether oxygens (including phenoxy) is 3. The summed E-state index contributed by atoms with van der Waals surface area (Å²) in [6.07, 6.45) is 0. The van der Waals surface area contributed by atoms with Crippen molar-refractivity contribution in [3.05, 3.63) is 55.6 Å². The van der Waals surface area contributed by atoms with Crippen molar-refractivity contribution in [1.29, 1.82) is 0 Å². The highest BCUT2D eigenvalue weighted by Crippen LogP contribution is 2.30. The largest absolute Gasteiger partial charge is 0.497 e. The minimum absolute atomic E-state index is 0.778. The molecule has 0 aliphatic rings. The van der Waals surface area contributed by atoms with Crippen molar-refractivity contribution in [2.75, 3.05) is 21.3 Å². The van der Waals surface area contributed by atoms with Crippen molar-refractivity contribution >= 4 is 0 Å². The van der Waals surface area contributed by atoms with Crippen molar-refractivity contribution in [1.82, 2.24) is 0 Å². The molecule has 0 amide bonds. The monoisotopic (exact) mass is 272 g/mol. The highest BCUT2D eigenvalue weighted by Gasteiger charge is 2.04. The SMILES string of the molecule is C=C.COc1ccc(-c2cc(OC)cc(OC)c2)cc1. The first-order chi connectivity index (χ1) is 9.76. The van der Waals surface area contributed by atoms with Gasteiger partial charge < -0.3 is 14.2 Å². The van der Waals surface area contributed by atoms with Crippen LogP contribution in [0.4, 0.5) is 0 Å². The minimum Gasteiger partial charge on any atom is -0.497 e. The molecule has 0 atom stereocenters. The van der Waals surface area contributed by atoms with Crippen LogP contribution in [0.1, 0.15) is 0 Å². The van der Waals surface area contributed by atoms with E-state index in [1.54, 1.807) is 21.3 Å². The van der Waals surface area contributed by atoms with Crippen molar-refractivity contribution in [3.63, 3.8) is 0 Å². The van der Waals surface area contributed by atoms with E-state index in [0.29, 0.717) is 0 Å². The number of hydrogen-bond acceptors (Lipinski definition) is 3. The van der Waals surface area contributed by atoms with E-state index in [1.165, 1.54) is 0 Å². The maximum atomic E-state index is 5.26. The Labute approximate surface area is 120 Å². The second kappa shape index (κ2) is 7.89. The van der Waals surface area contributed by atoms with E-state index in [-0.39, 0.29) is 0 Å². The Morgan fingerprint density at radius 3 is 1.45 bits per heavy atom. The first kappa shape index (κ1) is 15.6. The van der Waals surface area contributed by atoms with Gasteiger partial charge in [-0.1, -0.05) is 12.1 Å². The van der Waals surface area contributed by atoms with E-state index in [0.717, 1.165) is 28.4 Å². The lowest BCUT2D eigenvalue weighted by Gasteiger charge is -2.09. The molecule has 0 fully saturated rings. The van der Waals surface area contributed by atoms with Gasteiger partial charge in [0.15, 0.2) is 0 Å². The summed E-state index contributed by atoms with van der Waals surface area (Å²) >= 11 is 0. The molecule has 106 valence electrons. The Kier molecular flexibility index (Phi) is 6.17. The van der Waals surface area contributed by atoms with Crippen LogP contribution in [0.3, 0.4) is 0 Å². The Morgan fingerprint density at radius 2 is 1.05 bits per heavy atom. The van der Waals surface area contributed by atoms with Crippen LogP contribution >= 0.6 is 0 Å². The van der Waals surface area contributed by atoms with E-state index < -0.39 is 0 Å². The summed E-state index contributed by atoms with van der Waals surface area (Å²) in [6, 6.07) is 13.7. The van der Waals surface area contributed by atoms with Crippen molar-refractivity contribution in [2.24, 2.45) is 0 Å². The summed E-state index contributed by atoms with van der Waals surface area (Å²) in [4.78, 5) is 0. The molecular weight excluding hydrogens is 252 g/mol. The van der Waals surface area contributed by atoms with Gasteiger partial charge in [-0.15, -0.1) is 13.2 Å². The van der Waals surface area contributed by atoms with Crippen LogP contribution in [0.2, 0.25) is 0 Å². The maximum absolute atomic E-state index is 5.26. The van der Waals surface area contributed by atoms with Gasteiger partial charge in [0.05, 0.1) is 21.3 Å². The van der Waals surface area contributed by atoms with Gasteiger partial charge >= 0.3 is 0 Å². The molecule has 0 aromatic heterocycles. The van der Waals surface area contributed by atoms with Crippen LogP contribution in [0.15, 0.2) is 55.6 Å². The Hall–Kier alpha value is -2.42. The quantitative estimate of drug-likeness (QED) is 0.781. The fourth-order valence-electron chi connectivity index (χ4n) is 1.76. The summed E-state index contributed by atoms with van der Waals surface area (Å²) < 4.78 is 15.7. The number of benzene rings is 2. The van der Waals surface area contributed by atoms with E-state index >= 15 is 0 Å². The molecule has 0 unspecified atom stereocenters.